The second-order valence-corrected chi connectivity index (χ2v) is 7.94. The van der Waals surface area contributed by atoms with Crippen LogP contribution in [0.5, 0.6) is 11.5 Å². The molecule has 1 saturated heterocycles. The molecule has 1 aromatic carbocycles. The zero-order chi connectivity index (χ0) is 17.1. The van der Waals surface area contributed by atoms with Gasteiger partial charge in [0.1, 0.15) is 11.8 Å². The Morgan fingerprint density at radius 2 is 2.08 bits per heavy atom. The Morgan fingerprint density at radius 1 is 1.29 bits per heavy atom. The highest BCUT2D eigenvalue weighted by atomic mass is 16.5. The van der Waals surface area contributed by atoms with E-state index in [1.807, 2.05) is 6.07 Å². The zero-order valence-electron chi connectivity index (χ0n) is 14.8. The molecule has 1 unspecified atom stereocenters. The molecule has 24 heavy (non-hydrogen) atoms. The molecule has 0 radical (unpaired) electrons. The molecule has 2 bridgehead atoms. The Morgan fingerprint density at radius 3 is 2.79 bits per heavy atom. The van der Waals surface area contributed by atoms with E-state index < -0.39 is 0 Å². The van der Waals surface area contributed by atoms with Gasteiger partial charge in [0.15, 0.2) is 11.5 Å². The van der Waals surface area contributed by atoms with Crippen molar-refractivity contribution in [3.63, 3.8) is 0 Å². The SMILES string of the molecule is COc1ccc2c(c1OC)[C@@]13CC[N+](C)(N)[C@H](C2)[C@@H]1CCC(=O)C3. The van der Waals surface area contributed by atoms with Gasteiger partial charge in [-0.3, -0.25) is 4.79 Å². The average molecular weight is 331 g/mol. The van der Waals surface area contributed by atoms with Gasteiger partial charge in [-0.05, 0) is 18.1 Å². The van der Waals surface area contributed by atoms with E-state index in [-0.39, 0.29) is 5.41 Å². The first-order valence-corrected chi connectivity index (χ1v) is 8.83. The van der Waals surface area contributed by atoms with E-state index in [0.29, 0.717) is 35.2 Å². The summed E-state index contributed by atoms with van der Waals surface area (Å²) in [6.45, 7) is 0.897. The molecule has 0 aromatic heterocycles. The predicted molar refractivity (Wildman–Crippen MR) is 90.9 cm³/mol. The quantitative estimate of drug-likeness (QED) is 0.665. The van der Waals surface area contributed by atoms with Crippen LogP contribution in [-0.4, -0.2) is 44.2 Å². The third-order valence-corrected chi connectivity index (χ3v) is 6.78. The van der Waals surface area contributed by atoms with E-state index in [1.165, 1.54) is 11.1 Å². The average Bonchev–Trinajstić information content (AvgIpc) is 2.57. The zero-order valence-corrected chi connectivity index (χ0v) is 14.8. The van der Waals surface area contributed by atoms with E-state index in [4.69, 9.17) is 15.3 Å². The van der Waals surface area contributed by atoms with Crippen molar-refractivity contribution in [1.82, 2.24) is 0 Å². The van der Waals surface area contributed by atoms with Crippen LogP contribution in [-0.2, 0) is 16.6 Å². The lowest BCUT2D eigenvalue weighted by Gasteiger charge is -2.59. The van der Waals surface area contributed by atoms with E-state index in [9.17, 15) is 4.79 Å². The van der Waals surface area contributed by atoms with Crippen LogP contribution >= 0.6 is 0 Å². The maximum Gasteiger partial charge on any atom is 0.164 e. The number of hydrogen-bond acceptors (Lipinski definition) is 4. The van der Waals surface area contributed by atoms with Gasteiger partial charge in [-0.15, -0.1) is 0 Å². The molecule has 1 aliphatic heterocycles. The number of carbonyl (C=O) groups excluding carboxylic acids is 1. The van der Waals surface area contributed by atoms with Gasteiger partial charge in [0.25, 0.3) is 0 Å². The van der Waals surface area contributed by atoms with Crippen LogP contribution in [0.25, 0.3) is 0 Å². The highest BCUT2D eigenvalue weighted by molar-refractivity contribution is 5.82. The summed E-state index contributed by atoms with van der Waals surface area (Å²) in [6.07, 6.45) is 4.12. The number of nitrogens with two attached hydrogens (primary N) is 1. The number of likely N-dealkylation sites (N-methyl/N-ethyl adjacent to an activating group) is 1. The number of ketones is 1. The van der Waals surface area contributed by atoms with Crippen LogP contribution in [0.15, 0.2) is 12.1 Å². The third kappa shape index (κ3) is 1.97. The van der Waals surface area contributed by atoms with E-state index in [0.717, 1.165) is 37.3 Å². The lowest BCUT2D eigenvalue weighted by Crippen LogP contribution is -2.71. The van der Waals surface area contributed by atoms with Gasteiger partial charge in [-0.1, -0.05) is 6.07 Å². The van der Waals surface area contributed by atoms with Gasteiger partial charge < -0.3 is 9.47 Å². The maximum absolute atomic E-state index is 12.4. The molecule has 3 aliphatic rings. The molecule has 5 heteroatoms. The van der Waals surface area contributed by atoms with Gasteiger partial charge in [-0.2, -0.15) is 5.84 Å². The van der Waals surface area contributed by atoms with Crippen LogP contribution in [0.4, 0.5) is 0 Å². The monoisotopic (exact) mass is 331 g/mol. The van der Waals surface area contributed by atoms with Gasteiger partial charge in [0, 0.05) is 42.6 Å². The number of rotatable bonds is 2. The van der Waals surface area contributed by atoms with Gasteiger partial charge in [-0.25, -0.2) is 4.59 Å². The number of benzene rings is 1. The van der Waals surface area contributed by atoms with Crippen LogP contribution in [0.1, 0.15) is 36.8 Å². The second-order valence-electron chi connectivity index (χ2n) is 7.94. The first kappa shape index (κ1) is 15.9. The molecule has 1 saturated carbocycles. The predicted octanol–water partition coefficient (Wildman–Crippen LogP) is 1.96. The summed E-state index contributed by atoms with van der Waals surface area (Å²) in [4.78, 5) is 12.4. The smallest absolute Gasteiger partial charge is 0.164 e. The van der Waals surface area contributed by atoms with Crippen molar-refractivity contribution in [3.05, 3.63) is 23.3 Å². The van der Waals surface area contributed by atoms with E-state index >= 15 is 0 Å². The molecule has 4 rings (SSSR count). The molecule has 2 fully saturated rings. The molecular formula is C19H27N2O3+. The molecular weight excluding hydrogens is 304 g/mol. The summed E-state index contributed by atoms with van der Waals surface area (Å²) in [5.74, 6) is 9.04. The lowest BCUT2D eigenvalue weighted by molar-refractivity contribution is -0.956. The molecule has 0 spiro atoms. The van der Waals surface area contributed by atoms with Crippen molar-refractivity contribution >= 4 is 5.78 Å². The maximum atomic E-state index is 12.4. The first-order chi connectivity index (χ1) is 11.4. The van der Waals surface area contributed by atoms with Crippen LogP contribution in [0.3, 0.4) is 0 Å². The number of methoxy groups -OCH3 is 2. The molecule has 0 amide bonds. The summed E-state index contributed by atoms with van der Waals surface area (Å²) in [5, 5.41) is 0. The molecule has 5 nitrogen and oxygen atoms in total. The molecule has 4 atom stereocenters. The van der Waals surface area contributed by atoms with Crippen LogP contribution in [0, 0.1) is 5.92 Å². The van der Waals surface area contributed by atoms with Crippen molar-refractivity contribution in [2.75, 3.05) is 27.8 Å². The summed E-state index contributed by atoms with van der Waals surface area (Å²) in [7, 11) is 5.51. The summed E-state index contributed by atoms with van der Waals surface area (Å²) in [6, 6.07) is 4.50. The number of hydrogen-bond donors (Lipinski definition) is 1. The number of quaternary nitrogens is 1. The van der Waals surface area contributed by atoms with Crippen molar-refractivity contribution in [2.24, 2.45) is 11.8 Å². The second kappa shape index (κ2) is 5.20. The fourth-order valence-corrected chi connectivity index (χ4v) is 5.67. The van der Waals surface area contributed by atoms with Crippen molar-refractivity contribution in [3.8, 4) is 11.5 Å². The summed E-state index contributed by atoms with van der Waals surface area (Å²) < 4.78 is 11.9. The first-order valence-electron chi connectivity index (χ1n) is 8.83. The van der Waals surface area contributed by atoms with Crippen LogP contribution < -0.4 is 15.3 Å². The molecule has 1 aromatic rings. The lowest BCUT2D eigenvalue weighted by atomic mass is 9.51. The minimum absolute atomic E-state index is 0.134. The number of fused-ring (bicyclic) bond motifs is 1. The van der Waals surface area contributed by atoms with Crippen molar-refractivity contribution < 1.29 is 18.9 Å². The Labute approximate surface area is 143 Å². The molecule has 1 heterocycles. The Bertz CT molecular complexity index is 700. The number of likely N-dealkylation sites (tertiary alicyclic amines) is 1. The molecule has 130 valence electrons. The van der Waals surface area contributed by atoms with Gasteiger partial charge in [0.2, 0.25) is 0 Å². The number of Topliss-reactive ketones (excluding diaryl/α,β-unsaturated/α-hetero) is 1. The van der Waals surface area contributed by atoms with Crippen molar-refractivity contribution in [2.45, 2.75) is 43.6 Å². The summed E-state index contributed by atoms with van der Waals surface area (Å²) >= 11 is 0. The topological polar surface area (TPSA) is 61.6 Å². The fraction of sp³-hybridized carbons (Fsp3) is 0.632. The highest BCUT2D eigenvalue weighted by Gasteiger charge is 2.61. The Balaban J connectivity index is 1.97. The fourth-order valence-electron chi connectivity index (χ4n) is 5.67. The highest BCUT2D eigenvalue weighted by Crippen LogP contribution is 2.59. The Kier molecular flexibility index (Phi) is 3.45. The van der Waals surface area contributed by atoms with Gasteiger partial charge >= 0.3 is 0 Å². The third-order valence-electron chi connectivity index (χ3n) is 6.78. The minimum atomic E-state index is -0.134. The largest absolute Gasteiger partial charge is 0.493 e. The number of piperidine rings is 1. The van der Waals surface area contributed by atoms with E-state index in [1.54, 1.807) is 14.2 Å². The summed E-state index contributed by atoms with van der Waals surface area (Å²) in [5.41, 5.74) is 2.36. The minimum Gasteiger partial charge on any atom is -0.493 e. The van der Waals surface area contributed by atoms with Crippen molar-refractivity contribution in [1.29, 1.82) is 0 Å². The number of nitrogens with zero attached hydrogens (tertiary/aromatic N) is 1. The molecule has 2 N–H and O–H groups in total. The number of ether oxygens (including phenoxy) is 2. The molecule has 2 aliphatic carbocycles. The standard InChI is InChI=1S/C19H27N2O3/c1-21(20)9-8-19-11-13(22)5-6-14(19)15(21)10-12-4-7-16(23-2)18(24-3)17(12)19/h4,7,14-15H,5-6,8-11,20H2,1-3H3/q+1/t14-,15+,19+,21?/m0/s1. The number of carbonyl (C=O) groups is 1. The van der Waals surface area contributed by atoms with E-state index in [2.05, 4.69) is 13.1 Å². The normalized spacial score (nSPS) is 37.4. The van der Waals surface area contributed by atoms with Gasteiger partial charge in [0.05, 0.1) is 27.8 Å². The van der Waals surface area contributed by atoms with Crippen LogP contribution in [0.2, 0.25) is 0 Å². The Hall–Kier alpha value is -1.59.